The van der Waals surface area contributed by atoms with Gasteiger partial charge >= 0.3 is 0 Å². The van der Waals surface area contributed by atoms with E-state index in [1.165, 1.54) is 12.1 Å². The summed E-state index contributed by atoms with van der Waals surface area (Å²) < 4.78 is 13.4. The van der Waals surface area contributed by atoms with Gasteiger partial charge in [0.25, 0.3) is 0 Å². The number of benzene rings is 1. The van der Waals surface area contributed by atoms with Crippen molar-refractivity contribution in [2.75, 3.05) is 25.5 Å². The van der Waals surface area contributed by atoms with Gasteiger partial charge in [-0.15, -0.1) is 0 Å². The molecule has 17 heavy (non-hydrogen) atoms. The summed E-state index contributed by atoms with van der Waals surface area (Å²) in [6.45, 7) is 4.55. The highest BCUT2D eigenvalue weighted by atomic mass is 19.1. The highest BCUT2D eigenvalue weighted by Crippen LogP contribution is 2.19. The maximum Gasteiger partial charge on any atom is 0.125 e. The van der Waals surface area contributed by atoms with Crippen molar-refractivity contribution >= 4 is 5.69 Å². The van der Waals surface area contributed by atoms with Crippen molar-refractivity contribution in [3.05, 3.63) is 29.6 Å². The zero-order chi connectivity index (χ0) is 13.1. The van der Waals surface area contributed by atoms with Crippen molar-refractivity contribution in [1.29, 1.82) is 0 Å². The van der Waals surface area contributed by atoms with E-state index in [1.54, 1.807) is 13.8 Å². The van der Waals surface area contributed by atoms with Crippen LogP contribution in [0.2, 0.25) is 0 Å². The maximum absolute atomic E-state index is 13.4. The number of hydrogen-bond donors (Lipinski definition) is 2. The Kier molecular flexibility index (Phi) is 4.48. The number of halogens is 1. The lowest BCUT2D eigenvalue weighted by Crippen LogP contribution is -2.36. The topological polar surface area (TPSA) is 35.5 Å². The molecule has 0 atom stereocenters. The molecule has 0 saturated heterocycles. The smallest absolute Gasteiger partial charge is 0.125 e. The van der Waals surface area contributed by atoms with Crippen LogP contribution in [0.5, 0.6) is 0 Å². The number of likely N-dealkylation sites (N-methyl/N-ethyl adjacent to an activating group) is 1. The Morgan fingerprint density at radius 1 is 1.35 bits per heavy atom. The fourth-order valence-corrected chi connectivity index (χ4v) is 1.83. The molecule has 0 amide bonds. The average molecular weight is 240 g/mol. The lowest BCUT2D eigenvalue weighted by molar-refractivity contribution is 0.0886. The summed E-state index contributed by atoms with van der Waals surface area (Å²) in [6, 6.07) is 4.91. The molecule has 0 radical (unpaired) electrons. The summed E-state index contributed by atoms with van der Waals surface area (Å²) in [5.41, 5.74) is 0.868. The van der Waals surface area contributed by atoms with Gasteiger partial charge in [0, 0.05) is 25.8 Å². The number of hydrogen-bond acceptors (Lipinski definition) is 3. The van der Waals surface area contributed by atoms with Gasteiger partial charge in [0.1, 0.15) is 5.82 Å². The average Bonchev–Trinajstić information content (AvgIpc) is 2.14. The van der Waals surface area contributed by atoms with E-state index in [-0.39, 0.29) is 5.82 Å². The number of nitrogens with one attached hydrogen (secondary N) is 1. The molecular weight excluding hydrogens is 219 g/mol. The summed E-state index contributed by atoms with van der Waals surface area (Å²) in [7, 11) is 3.67. The van der Waals surface area contributed by atoms with Gasteiger partial charge in [-0.3, -0.25) is 0 Å². The third-order valence-corrected chi connectivity index (χ3v) is 2.39. The third-order valence-electron chi connectivity index (χ3n) is 2.39. The summed E-state index contributed by atoms with van der Waals surface area (Å²) in [5.74, 6) is -0.254. The van der Waals surface area contributed by atoms with Gasteiger partial charge < -0.3 is 15.3 Å². The maximum atomic E-state index is 13.4. The molecule has 0 aliphatic carbocycles. The molecule has 0 aliphatic heterocycles. The lowest BCUT2D eigenvalue weighted by Gasteiger charge is -2.27. The molecule has 0 saturated carbocycles. The van der Waals surface area contributed by atoms with E-state index >= 15 is 0 Å². The Morgan fingerprint density at radius 2 is 2.00 bits per heavy atom. The van der Waals surface area contributed by atoms with Crippen molar-refractivity contribution in [1.82, 2.24) is 5.32 Å². The SMILES string of the molecule is CNCc1cc(F)cc(N(C)CC(C)(C)O)c1. The quantitative estimate of drug-likeness (QED) is 0.823. The van der Waals surface area contributed by atoms with E-state index < -0.39 is 5.60 Å². The predicted octanol–water partition coefficient (Wildman–Crippen LogP) is 1.75. The van der Waals surface area contributed by atoms with Gasteiger partial charge in [-0.25, -0.2) is 4.39 Å². The van der Waals surface area contributed by atoms with Gasteiger partial charge in [0.15, 0.2) is 0 Å². The monoisotopic (exact) mass is 240 g/mol. The first-order valence-corrected chi connectivity index (χ1v) is 5.69. The van der Waals surface area contributed by atoms with Gasteiger partial charge in [-0.2, -0.15) is 0 Å². The second-order valence-electron chi connectivity index (χ2n) is 5.02. The molecule has 2 N–H and O–H groups in total. The van der Waals surface area contributed by atoms with Crippen molar-refractivity contribution in [3.8, 4) is 0 Å². The van der Waals surface area contributed by atoms with E-state index in [0.717, 1.165) is 11.3 Å². The second-order valence-corrected chi connectivity index (χ2v) is 5.02. The largest absolute Gasteiger partial charge is 0.389 e. The van der Waals surface area contributed by atoms with Crippen molar-refractivity contribution in [2.45, 2.75) is 26.0 Å². The summed E-state index contributed by atoms with van der Waals surface area (Å²) in [5, 5.41) is 12.7. The molecule has 0 unspecified atom stereocenters. The first-order chi connectivity index (χ1) is 7.81. The first-order valence-electron chi connectivity index (χ1n) is 5.69. The van der Waals surface area contributed by atoms with Crippen LogP contribution in [0.15, 0.2) is 18.2 Å². The van der Waals surface area contributed by atoms with Crippen LogP contribution in [-0.4, -0.2) is 31.3 Å². The molecule has 3 nitrogen and oxygen atoms in total. The molecule has 0 heterocycles. The first kappa shape index (κ1) is 13.9. The highest BCUT2D eigenvalue weighted by molar-refractivity contribution is 5.48. The van der Waals surface area contributed by atoms with Crippen LogP contribution in [0.25, 0.3) is 0 Å². The van der Waals surface area contributed by atoms with Gasteiger partial charge in [0.05, 0.1) is 5.60 Å². The zero-order valence-electron chi connectivity index (χ0n) is 10.9. The third kappa shape index (κ3) is 4.71. The standard InChI is InChI=1S/C13H21FN2O/c1-13(2,17)9-16(4)12-6-10(8-15-3)5-11(14)7-12/h5-7,15,17H,8-9H2,1-4H3. The molecule has 0 aliphatic rings. The Hall–Kier alpha value is -1.13. The summed E-state index contributed by atoms with van der Waals surface area (Å²) in [4.78, 5) is 1.85. The zero-order valence-corrected chi connectivity index (χ0v) is 10.9. The molecule has 0 fully saturated rings. The molecule has 1 rings (SSSR count). The summed E-state index contributed by atoms with van der Waals surface area (Å²) in [6.07, 6.45) is 0. The number of aliphatic hydroxyl groups is 1. The Morgan fingerprint density at radius 3 is 2.53 bits per heavy atom. The number of anilines is 1. The van der Waals surface area contributed by atoms with E-state index in [4.69, 9.17) is 0 Å². The lowest BCUT2D eigenvalue weighted by atomic mass is 10.1. The number of rotatable bonds is 5. The molecule has 4 heteroatoms. The van der Waals surface area contributed by atoms with Crippen LogP contribution in [0.1, 0.15) is 19.4 Å². The van der Waals surface area contributed by atoms with Gasteiger partial charge in [0.2, 0.25) is 0 Å². The van der Waals surface area contributed by atoms with Crippen molar-refractivity contribution < 1.29 is 9.50 Å². The normalized spacial score (nSPS) is 11.6. The van der Waals surface area contributed by atoms with E-state index in [0.29, 0.717) is 13.1 Å². The van der Waals surface area contributed by atoms with Crippen LogP contribution in [0.3, 0.4) is 0 Å². The molecule has 0 bridgehead atoms. The van der Waals surface area contributed by atoms with Crippen molar-refractivity contribution in [3.63, 3.8) is 0 Å². The second kappa shape index (κ2) is 5.47. The minimum Gasteiger partial charge on any atom is -0.389 e. The van der Waals surface area contributed by atoms with Gasteiger partial charge in [-0.05, 0) is 44.7 Å². The highest BCUT2D eigenvalue weighted by Gasteiger charge is 2.16. The Labute approximate surface area is 102 Å². The predicted molar refractivity (Wildman–Crippen MR) is 68.7 cm³/mol. The number of nitrogens with zero attached hydrogens (tertiary/aromatic N) is 1. The molecule has 1 aromatic rings. The minimum atomic E-state index is -0.801. The molecule has 0 spiro atoms. The van der Waals surface area contributed by atoms with Crippen molar-refractivity contribution in [2.24, 2.45) is 0 Å². The minimum absolute atomic E-state index is 0.254. The van der Waals surface area contributed by atoms with Crippen LogP contribution < -0.4 is 10.2 Å². The van der Waals surface area contributed by atoms with Crippen LogP contribution in [0, 0.1) is 5.82 Å². The van der Waals surface area contributed by atoms with Crippen LogP contribution in [0.4, 0.5) is 10.1 Å². The molecular formula is C13H21FN2O. The molecule has 96 valence electrons. The van der Waals surface area contributed by atoms with Crippen LogP contribution in [-0.2, 0) is 6.54 Å². The van der Waals surface area contributed by atoms with Gasteiger partial charge in [-0.1, -0.05) is 0 Å². The van der Waals surface area contributed by atoms with E-state index in [1.807, 2.05) is 25.1 Å². The fourth-order valence-electron chi connectivity index (χ4n) is 1.83. The molecule has 1 aromatic carbocycles. The van der Waals surface area contributed by atoms with Crippen LogP contribution >= 0.6 is 0 Å². The van der Waals surface area contributed by atoms with E-state index in [9.17, 15) is 9.50 Å². The fraction of sp³-hybridized carbons (Fsp3) is 0.538. The molecule has 0 aromatic heterocycles. The van der Waals surface area contributed by atoms with E-state index in [2.05, 4.69) is 5.32 Å². The Balaban J connectivity index is 2.89. The summed E-state index contributed by atoms with van der Waals surface area (Å²) >= 11 is 0. The Bertz CT molecular complexity index is 374.